The highest BCUT2D eigenvalue weighted by Crippen LogP contribution is 2.47. The number of aliphatic carboxylic acids is 1. The molecule has 2 fully saturated rings. The zero-order valence-corrected chi connectivity index (χ0v) is 20.3. The Morgan fingerprint density at radius 1 is 1.19 bits per heavy atom. The molecule has 1 saturated heterocycles. The van der Waals surface area contributed by atoms with Gasteiger partial charge in [0.05, 0.1) is 17.9 Å². The van der Waals surface area contributed by atoms with Gasteiger partial charge in [-0.2, -0.15) is 13.2 Å². The fraction of sp³-hybridized carbons (Fsp3) is 0.500. The molecular formula is C24H27F4N5O4. The van der Waals surface area contributed by atoms with Crippen LogP contribution in [0.1, 0.15) is 25.0 Å². The monoisotopic (exact) mass is 525 g/mol. The summed E-state index contributed by atoms with van der Waals surface area (Å²) in [5.41, 5.74) is 1.41. The number of aromatic nitrogens is 2. The van der Waals surface area contributed by atoms with Gasteiger partial charge in [-0.05, 0) is 43.5 Å². The van der Waals surface area contributed by atoms with Crippen LogP contribution >= 0.6 is 0 Å². The second kappa shape index (κ2) is 9.67. The van der Waals surface area contributed by atoms with E-state index in [1.807, 2.05) is 29.3 Å². The quantitative estimate of drug-likeness (QED) is 0.619. The third kappa shape index (κ3) is 4.86. The van der Waals surface area contributed by atoms with Gasteiger partial charge in [0.1, 0.15) is 11.7 Å². The van der Waals surface area contributed by atoms with Crippen LogP contribution in [0.5, 0.6) is 0 Å². The summed E-state index contributed by atoms with van der Waals surface area (Å²) in [6.07, 6.45) is -0.833. The molecule has 0 bridgehead atoms. The molecule has 37 heavy (non-hydrogen) atoms. The molecule has 200 valence electrons. The van der Waals surface area contributed by atoms with Gasteiger partial charge in [-0.25, -0.2) is 14.2 Å². The van der Waals surface area contributed by atoms with Crippen LogP contribution in [0.3, 0.4) is 0 Å². The number of carbonyl (C=O) groups is 3. The summed E-state index contributed by atoms with van der Waals surface area (Å²) in [5, 5.41) is 7.12. The van der Waals surface area contributed by atoms with Crippen LogP contribution in [0.25, 0.3) is 5.82 Å². The molecule has 3 aliphatic rings. The summed E-state index contributed by atoms with van der Waals surface area (Å²) < 4.78 is 47.1. The number of carboxylic acids is 1. The second-order valence-electron chi connectivity index (χ2n) is 9.59. The molecule has 1 saturated carbocycles. The number of nitrogens with zero attached hydrogens (tertiary/aromatic N) is 5. The average molecular weight is 526 g/mol. The van der Waals surface area contributed by atoms with E-state index >= 15 is 0 Å². The summed E-state index contributed by atoms with van der Waals surface area (Å²) in [4.78, 5) is 44.8. The van der Waals surface area contributed by atoms with Crippen LogP contribution in [-0.2, 0) is 19.9 Å². The molecule has 13 heteroatoms. The number of hydrogen-bond acceptors (Lipinski definition) is 5. The number of anilines is 1. The standard InChI is InChI=1S/C22H26FN5O2.C2HF3O2/c1-25(2)19(29)13-28-17-5-3-8-24-20(17)27-9-4-6-18(27)22(28)7-10-26(14-22)21(30)15-11-16(23)12-15;3-2(4,5)1(6)7/h3-6,8-9,15-16H,7,10-14H2,1-2H3;(H,6,7). The Kier molecular flexibility index (Phi) is 6.91. The first-order valence-corrected chi connectivity index (χ1v) is 11.7. The Morgan fingerprint density at radius 3 is 2.46 bits per heavy atom. The first-order chi connectivity index (χ1) is 17.3. The third-order valence-electron chi connectivity index (χ3n) is 7.05. The second-order valence-corrected chi connectivity index (χ2v) is 9.59. The molecule has 1 unspecified atom stereocenters. The maximum Gasteiger partial charge on any atom is 0.490 e. The minimum Gasteiger partial charge on any atom is -0.475 e. The van der Waals surface area contributed by atoms with Crippen LogP contribution in [0.4, 0.5) is 23.2 Å². The minimum atomic E-state index is -5.08. The highest BCUT2D eigenvalue weighted by molar-refractivity contribution is 5.84. The van der Waals surface area contributed by atoms with E-state index in [0.717, 1.165) is 17.2 Å². The van der Waals surface area contributed by atoms with E-state index in [1.165, 1.54) is 0 Å². The normalized spacial score (nSPS) is 23.9. The molecular weight excluding hydrogens is 498 g/mol. The summed E-state index contributed by atoms with van der Waals surface area (Å²) in [6.45, 7) is 1.28. The van der Waals surface area contributed by atoms with E-state index in [9.17, 15) is 27.2 Å². The molecule has 2 aromatic heterocycles. The van der Waals surface area contributed by atoms with Crippen LogP contribution in [0.2, 0.25) is 0 Å². The van der Waals surface area contributed by atoms with E-state index in [0.29, 0.717) is 32.4 Å². The number of carbonyl (C=O) groups excluding carboxylic acids is 2. The number of fused-ring (bicyclic) bond motifs is 4. The molecule has 1 atom stereocenters. The molecule has 2 aliphatic heterocycles. The Hall–Kier alpha value is -3.64. The van der Waals surface area contributed by atoms with Crippen molar-refractivity contribution in [3.05, 3.63) is 42.4 Å². The number of halogens is 4. The topological polar surface area (TPSA) is 99.0 Å². The van der Waals surface area contributed by atoms with Gasteiger partial charge >= 0.3 is 12.1 Å². The van der Waals surface area contributed by atoms with Gasteiger partial charge in [-0.15, -0.1) is 0 Å². The molecule has 0 aromatic carbocycles. The van der Waals surface area contributed by atoms with Gasteiger partial charge in [-0.1, -0.05) is 0 Å². The Balaban J connectivity index is 0.000000405. The van der Waals surface area contributed by atoms with Crippen molar-refractivity contribution in [3.63, 3.8) is 0 Å². The van der Waals surface area contributed by atoms with Gasteiger partial charge in [0.2, 0.25) is 11.8 Å². The number of alkyl halides is 4. The number of likely N-dealkylation sites (N-methyl/N-ethyl adjacent to an activating group) is 1. The molecule has 2 aromatic rings. The van der Waals surface area contributed by atoms with Crippen molar-refractivity contribution in [2.75, 3.05) is 38.6 Å². The third-order valence-corrected chi connectivity index (χ3v) is 7.05. The number of rotatable bonds is 3. The van der Waals surface area contributed by atoms with Gasteiger partial charge in [0.15, 0.2) is 5.82 Å². The molecule has 9 nitrogen and oxygen atoms in total. The predicted molar refractivity (Wildman–Crippen MR) is 124 cm³/mol. The van der Waals surface area contributed by atoms with Gasteiger partial charge < -0.3 is 24.4 Å². The number of likely N-dealkylation sites (tertiary alicyclic amines) is 1. The van der Waals surface area contributed by atoms with Crippen LogP contribution < -0.4 is 4.90 Å². The van der Waals surface area contributed by atoms with Crippen LogP contribution in [-0.4, -0.2) is 88.3 Å². The molecule has 4 heterocycles. The highest BCUT2D eigenvalue weighted by atomic mass is 19.4. The van der Waals surface area contributed by atoms with E-state index in [1.54, 1.807) is 25.2 Å². The predicted octanol–water partition coefficient (Wildman–Crippen LogP) is 2.59. The van der Waals surface area contributed by atoms with Crippen LogP contribution in [0, 0.1) is 5.92 Å². The molecule has 1 spiro atoms. The maximum atomic E-state index is 13.3. The fourth-order valence-electron chi connectivity index (χ4n) is 5.03. The first-order valence-electron chi connectivity index (χ1n) is 11.7. The lowest BCUT2D eigenvalue weighted by molar-refractivity contribution is -0.192. The summed E-state index contributed by atoms with van der Waals surface area (Å²) in [7, 11) is 3.50. The van der Waals surface area contributed by atoms with Gasteiger partial charge in [0, 0.05) is 45.5 Å². The Bertz CT molecular complexity index is 1190. The number of carboxylic acid groups (broad SMARTS) is 1. The zero-order valence-electron chi connectivity index (χ0n) is 20.3. The average Bonchev–Trinajstić information content (AvgIpc) is 3.48. The van der Waals surface area contributed by atoms with E-state index in [4.69, 9.17) is 9.90 Å². The van der Waals surface area contributed by atoms with E-state index in [2.05, 4.69) is 20.5 Å². The summed E-state index contributed by atoms with van der Waals surface area (Å²) in [6, 6.07) is 7.90. The van der Waals surface area contributed by atoms with Gasteiger partial charge in [0.25, 0.3) is 0 Å². The summed E-state index contributed by atoms with van der Waals surface area (Å²) >= 11 is 0. The molecule has 1 N–H and O–H groups in total. The Labute approximate surface area is 210 Å². The van der Waals surface area contributed by atoms with Crippen LogP contribution in [0.15, 0.2) is 36.7 Å². The lowest BCUT2D eigenvalue weighted by Crippen LogP contribution is -2.56. The van der Waals surface area contributed by atoms with Crippen molar-refractivity contribution in [1.29, 1.82) is 0 Å². The smallest absolute Gasteiger partial charge is 0.475 e. The number of amides is 2. The highest BCUT2D eigenvalue weighted by Gasteiger charge is 2.52. The molecule has 5 rings (SSSR count). The maximum absolute atomic E-state index is 13.3. The largest absolute Gasteiger partial charge is 0.490 e. The Morgan fingerprint density at radius 2 is 1.86 bits per heavy atom. The first kappa shape index (κ1) is 26.4. The van der Waals surface area contributed by atoms with E-state index < -0.39 is 23.9 Å². The fourth-order valence-corrected chi connectivity index (χ4v) is 5.03. The minimum absolute atomic E-state index is 0.00627. The van der Waals surface area contributed by atoms with Crippen molar-refractivity contribution < 1.29 is 37.1 Å². The van der Waals surface area contributed by atoms with Crippen molar-refractivity contribution in [2.45, 2.75) is 37.1 Å². The SMILES string of the molecule is CN(C)C(=O)CN1c2cccnc2-n2cccc2C12CCN(C(=O)C1CC(F)C1)C2.O=C(O)C(F)(F)F. The van der Waals surface area contributed by atoms with Crippen molar-refractivity contribution >= 4 is 23.5 Å². The molecule has 2 amide bonds. The van der Waals surface area contributed by atoms with Crippen molar-refractivity contribution in [3.8, 4) is 5.82 Å². The lowest BCUT2D eigenvalue weighted by Gasteiger charge is -2.47. The van der Waals surface area contributed by atoms with Crippen molar-refractivity contribution in [1.82, 2.24) is 19.4 Å². The molecule has 0 radical (unpaired) electrons. The van der Waals surface area contributed by atoms with Gasteiger partial charge in [-0.3, -0.25) is 9.59 Å². The van der Waals surface area contributed by atoms with E-state index in [-0.39, 0.29) is 24.3 Å². The summed E-state index contributed by atoms with van der Waals surface area (Å²) in [5.74, 6) is -2.15. The zero-order chi connectivity index (χ0) is 27.1. The molecule has 1 aliphatic carbocycles. The number of pyridine rings is 1. The number of hydrogen-bond donors (Lipinski definition) is 1. The van der Waals surface area contributed by atoms with Crippen molar-refractivity contribution in [2.24, 2.45) is 5.92 Å². The lowest BCUT2D eigenvalue weighted by atomic mass is 9.82.